The van der Waals surface area contributed by atoms with Gasteiger partial charge in [0.25, 0.3) is 0 Å². The second-order valence-electron chi connectivity index (χ2n) is 13.2. The smallest absolute Gasteiger partial charge is 0.111 e. The van der Waals surface area contributed by atoms with E-state index in [-0.39, 0.29) is 0 Å². The van der Waals surface area contributed by atoms with Gasteiger partial charge in [-0.1, -0.05) is 188 Å². The number of hydrogen-bond acceptors (Lipinski definition) is 1. The lowest BCUT2D eigenvalue weighted by Gasteiger charge is -2.22. The molecular formula is C38H74N2. The van der Waals surface area contributed by atoms with Crippen molar-refractivity contribution in [1.29, 1.82) is 0 Å². The summed E-state index contributed by atoms with van der Waals surface area (Å²) >= 11 is 0. The summed E-state index contributed by atoms with van der Waals surface area (Å²) in [5.74, 6) is 2.06. The average molecular weight is 559 g/mol. The van der Waals surface area contributed by atoms with Crippen molar-refractivity contribution in [1.82, 2.24) is 9.55 Å². The van der Waals surface area contributed by atoms with Gasteiger partial charge in [-0.05, 0) is 26.2 Å². The molecule has 0 saturated heterocycles. The summed E-state index contributed by atoms with van der Waals surface area (Å²) in [5.41, 5.74) is 0. The molecule has 0 aliphatic heterocycles. The van der Waals surface area contributed by atoms with E-state index in [4.69, 9.17) is 4.98 Å². The van der Waals surface area contributed by atoms with Crippen molar-refractivity contribution in [3.63, 3.8) is 0 Å². The van der Waals surface area contributed by atoms with Crippen LogP contribution in [0.15, 0.2) is 12.4 Å². The van der Waals surface area contributed by atoms with Crippen molar-refractivity contribution in [2.45, 2.75) is 226 Å². The maximum absolute atomic E-state index is 4.97. The van der Waals surface area contributed by atoms with Gasteiger partial charge in [-0.25, -0.2) is 4.98 Å². The summed E-state index contributed by atoms with van der Waals surface area (Å²) in [6.45, 7) is 9.38. The van der Waals surface area contributed by atoms with Crippen molar-refractivity contribution >= 4 is 0 Å². The number of nitrogens with zero attached hydrogens (tertiary/aromatic N) is 2. The lowest BCUT2D eigenvalue weighted by Crippen LogP contribution is -2.13. The standard InChI is InChI=1S/C38H74N2/c1-5-8-11-14-16-18-20-21-22-24-26-28-31-36(4)40-35-34-39-38(40)37(32-29-13-10-7-3)33-30-27-25-23-19-17-15-12-9-6-2/h34-37H,5-33H2,1-4H3. The summed E-state index contributed by atoms with van der Waals surface area (Å²) in [6, 6.07) is 0.589. The van der Waals surface area contributed by atoms with Crippen molar-refractivity contribution in [2.75, 3.05) is 0 Å². The molecular weight excluding hydrogens is 484 g/mol. The summed E-state index contributed by atoms with van der Waals surface area (Å²) in [6.07, 6.45) is 45.3. The minimum atomic E-state index is 0.589. The van der Waals surface area contributed by atoms with Gasteiger partial charge in [-0.2, -0.15) is 0 Å². The number of hydrogen-bond donors (Lipinski definition) is 0. The van der Waals surface area contributed by atoms with E-state index in [1.165, 1.54) is 192 Å². The van der Waals surface area contributed by atoms with Crippen molar-refractivity contribution in [3.8, 4) is 0 Å². The third-order valence-electron chi connectivity index (χ3n) is 9.33. The lowest BCUT2D eigenvalue weighted by molar-refractivity contribution is 0.413. The second-order valence-corrected chi connectivity index (χ2v) is 13.2. The highest BCUT2D eigenvalue weighted by atomic mass is 15.1. The number of imidazole rings is 1. The Labute approximate surface area is 253 Å². The van der Waals surface area contributed by atoms with Gasteiger partial charge >= 0.3 is 0 Å². The summed E-state index contributed by atoms with van der Waals surface area (Å²) < 4.78 is 2.57. The first-order chi connectivity index (χ1) is 19.7. The number of aromatic nitrogens is 2. The van der Waals surface area contributed by atoms with E-state index in [1.54, 1.807) is 0 Å². The molecule has 0 radical (unpaired) electrons. The molecule has 0 amide bonds. The van der Waals surface area contributed by atoms with E-state index < -0.39 is 0 Å². The third-order valence-corrected chi connectivity index (χ3v) is 9.33. The normalized spacial score (nSPS) is 13.2. The molecule has 2 nitrogen and oxygen atoms in total. The molecule has 40 heavy (non-hydrogen) atoms. The zero-order valence-electron chi connectivity index (χ0n) is 28.2. The Morgan fingerprint density at radius 2 is 0.800 bits per heavy atom. The Hall–Kier alpha value is -0.790. The Morgan fingerprint density at radius 1 is 0.475 bits per heavy atom. The predicted molar refractivity (Wildman–Crippen MR) is 181 cm³/mol. The molecule has 1 heterocycles. The van der Waals surface area contributed by atoms with Crippen LogP contribution in [0, 0.1) is 0 Å². The molecule has 0 N–H and O–H groups in total. The van der Waals surface area contributed by atoms with E-state index in [0.29, 0.717) is 12.0 Å². The molecule has 1 aromatic heterocycles. The molecule has 2 atom stereocenters. The fourth-order valence-corrected chi connectivity index (χ4v) is 6.53. The van der Waals surface area contributed by atoms with Crippen molar-refractivity contribution in [3.05, 3.63) is 18.2 Å². The van der Waals surface area contributed by atoms with Crippen LogP contribution in [0.25, 0.3) is 0 Å². The van der Waals surface area contributed by atoms with Crippen LogP contribution < -0.4 is 0 Å². The van der Waals surface area contributed by atoms with Crippen LogP contribution >= 0.6 is 0 Å². The minimum absolute atomic E-state index is 0.589. The second kappa shape index (κ2) is 28.3. The molecule has 0 saturated carbocycles. The molecule has 0 spiro atoms. The first-order valence-electron chi connectivity index (χ1n) is 18.8. The van der Waals surface area contributed by atoms with Crippen LogP contribution in [0.5, 0.6) is 0 Å². The summed E-state index contributed by atoms with van der Waals surface area (Å²) in [7, 11) is 0. The van der Waals surface area contributed by atoms with Gasteiger partial charge in [-0.15, -0.1) is 0 Å². The minimum Gasteiger partial charge on any atom is -0.332 e. The van der Waals surface area contributed by atoms with E-state index in [0.717, 1.165) is 0 Å². The van der Waals surface area contributed by atoms with E-state index >= 15 is 0 Å². The monoisotopic (exact) mass is 559 g/mol. The van der Waals surface area contributed by atoms with Gasteiger partial charge in [0.15, 0.2) is 0 Å². The molecule has 0 aliphatic carbocycles. The fraction of sp³-hybridized carbons (Fsp3) is 0.921. The first-order valence-corrected chi connectivity index (χ1v) is 18.8. The van der Waals surface area contributed by atoms with Crippen molar-refractivity contribution < 1.29 is 0 Å². The van der Waals surface area contributed by atoms with Gasteiger partial charge in [0.1, 0.15) is 5.82 Å². The SMILES string of the molecule is CCCCCCCCCCCCCCC(C)n1ccnc1C(CCCCCC)CCCCCCCCCCCC. The van der Waals surface area contributed by atoms with Crippen LogP contribution in [-0.2, 0) is 0 Å². The van der Waals surface area contributed by atoms with Gasteiger partial charge in [0, 0.05) is 24.4 Å². The van der Waals surface area contributed by atoms with Gasteiger partial charge in [0.05, 0.1) is 0 Å². The zero-order valence-corrected chi connectivity index (χ0v) is 28.2. The van der Waals surface area contributed by atoms with Gasteiger partial charge < -0.3 is 4.57 Å². The highest BCUT2D eigenvalue weighted by Gasteiger charge is 2.19. The molecule has 0 bridgehead atoms. The third kappa shape index (κ3) is 20.1. The van der Waals surface area contributed by atoms with Crippen LogP contribution in [0.4, 0.5) is 0 Å². The maximum atomic E-state index is 4.97. The zero-order chi connectivity index (χ0) is 28.9. The van der Waals surface area contributed by atoms with Crippen LogP contribution in [0.1, 0.15) is 232 Å². The molecule has 236 valence electrons. The van der Waals surface area contributed by atoms with E-state index in [2.05, 4.69) is 44.7 Å². The van der Waals surface area contributed by atoms with E-state index in [9.17, 15) is 0 Å². The van der Waals surface area contributed by atoms with E-state index in [1.807, 2.05) is 0 Å². The van der Waals surface area contributed by atoms with Crippen molar-refractivity contribution in [2.24, 2.45) is 0 Å². The quantitative estimate of drug-likeness (QED) is 0.0828. The highest BCUT2D eigenvalue weighted by molar-refractivity contribution is 5.02. The van der Waals surface area contributed by atoms with Crippen LogP contribution in [0.2, 0.25) is 0 Å². The molecule has 2 unspecified atom stereocenters. The topological polar surface area (TPSA) is 17.8 Å². The Bertz CT molecular complexity index is 621. The maximum Gasteiger partial charge on any atom is 0.111 e. The molecule has 0 aromatic carbocycles. The highest BCUT2D eigenvalue weighted by Crippen LogP contribution is 2.30. The van der Waals surface area contributed by atoms with Gasteiger partial charge in [-0.3, -0.25) is 0 Å². The molecule has 2 heteroatoms. The average Bonchev–Trinajstić information content (AvgIpc) is 3.45. The summed E-state index contributed by atoms with van der Waals surface area (Å²) in [5, 5.41) is 0. The lowest BCUT2D eigenvalue weighted by atomic mass is 9.93. The Morgan fingerprint density at radius 3 is 1.20 bits per heavy atom. The fourth-order valence-electron chi connectivity index (χ4n) is 6.53. The van der Waals surface area contributed by atoms with Crippen LogP contribution in [0.3, 0.4) is 0 Å². The molecule has 0 fully saturated rings. The Balaban J connectivity index is 2.32. The van der Waals surface area contributed by atoms with Gasteiger partial charge in [0.2, 0.25) is 0 Å². The molecule has 0 aliphatic rings. The predicted octanol–water partition coefficient (Wildman–Crippen LogP) is 13.9. The largest absolute Gasteiger partial charge is 0.332 e. The molecule has 1 aromatic rings. The Kier molecular flexibility index (Phi) is 26.4. The first kappa shape index (κ1) is 37.2. The van der Waals surface area contributed by atoms with Crippen LogP contribution in [-0.4, -0.2) is 9.55 Å². The number of rotatable bonds is 31. The number of unbranched alkanes of at least 4 members (excludes halogenated alkanes) is 23. The molecule has 1 rings (SSSR count). The summed E-state index contributed by atoms with van der Waals surface area (Å²) in [4.78, 5) is 4.97.